The molecule has 3 nitrogen and oxygen atoms in total. The maximum absolute atomic E-state index is 12.0. The third-order valence-corrected chi connectivity index (χ3v) is 2.21. The summed E-state index contributed by atoms with van der Waals surface area (Å²) in [4.78, 5) is -1.62. The number of hydrogen-bond acceptors (Lipinski definition) is 3. The van der Waals surface area contributed by atoms with Crippen molar-refractivity contribution in [1.29, 1.82) is 0 Å². The van der Waals surface area contributed by atoms with Crippen molar-refractivity contribution in [3.8, 4) is 0 Å². The number of methoxy groups -OCH3 is 1. The molecule has 0 radical (unpaired) electrons. The van der Waals surface area contributed by atoms with Gasteiger partial charge in [-0.15, -0.1) is 0 Å². The van der Waals surface area contributed by atoms with Crippen LogP contribution in [0.25, 0.3) is 0 Å². The second kappa shape index (κ2) is 8.32. The van der Waals surface area contributed by atoms with Gasteiger partial charge in [0.2, 0.25) is 0 Å². The van der Waals surface area contributed by atoms with Gasteiger partial charge in [0.25, 0.3) is 0 Å². The van der Waals surface area contributed by atoms with E-state index in [4.69, 9.17) is 14.2 Å². The van der Waals surface area contributed by atoms with E-state index in [0.717, 1.165) is 0 Å². The molecule has 0 aliphatic carbocycles. The first-order chi connectivity index (χ1) is 6.98. The standard InChI is InChI=1S/C8H14BrF3O3/c1-13-2-3-14-4-5-15-6-7(9)8(10,11)12/h7H,2-6H2,1H3. The highest BCUT2D eigenvalue weighted by Crippen LogP contribution is 2.26. The summed E-state index contributed by atoms with van der Waals surface area (Å²) in [6.45, 7) is 0.875. The molecular weight excluding hydrogens is 281 g/mol. The van der Waals surface area contributed by atoms with E-state index in [-0.39, 0.29) is 13.2 Å². The maximum atomic E-state index is 12.0. The molecule has 0 fully saturated rings. The average molecular weight is 295 g/mol. The smallest absolute Gasteiger partial charge is 0.382 e. The third-order valence-electron chi connectivity index (χ3n) is 1.42. The average Bonchev–Trinajstić information content (AvgIpc) is 2.14. The van der Waals surface area contributed by atoms with Gasteiger partial charge in [-0.3, -0.25) is 0 Å². The van der Waals surface area contributed by atoms with Gasteiger partial charge in [-0.25, -0.2) is 0 Å². The lowest BCUT2D eigenvalue weighted by atomic mass is 10.4. The Balaban J connectivity index is 3.24. The van der Waals surface area contributed by atoms with Crippen LogP contribution in [0, 0.1) is 0 Å². The summed E-state index contributed by atoms with van der Waals surface area (Å²) >= 11 is 2.48. The van der Waals surface area contributed by atoms with Gasteiger partial charge in [-0.05, 0) is 0 Å². The van der Waals surface area contributed by atoms with Crippen LogP contribution < -0.4 is 0 Å². The zero-order valence-corrected chi connectivity index (χ0v) is 9.94. The quantitative estimate of drug-likeness (QED) is 0.506. The third kappa shape index (κ3) is 9.10. The van der Waals surface area contributed by atoms with Crippen molar-refractivity contribution >= 4 is 15.9 Å². The van der Waals surface area contributed by atoms with Crippen LogP contribution in [-0.2, 0) is 14.2 Å². The van der Waals surface area contributed by atoms with E-state index in [1.54, 1.807) is 7.11 Å². The predicted octanol–water partition coefficient (Wildman–Crippen LogP) is 1.99. The van der Waals surface area contributed by atoms with Crippen LogP contribution in [0.1, 0.15) is 0 Å². The fourth-order valence-electron chi connectivity index (χ4n) is 0.643. The highest BCUT2D eigenvalue weighted by atomic mass is 79.9. The van der Waals surface area contributed by atoms with Crippen LogP contribution >= 0.6 is 15.9 Å². The molecule has 92 valence electrons. The molecule has 0 spiro atoms. The Labute approximate surface area is 95.0 Å². The topological polar surface area (TPSA) is 27.7 Å². The molecule has 0 saturated carbocycles. The lowest BCUT2D eigenvalue weighted by Gasteiger charge is -2.13. The Morgan fingerprint density at radius 2 is 1.60 bits per heavy atom. The Bertz CT molecular complexity index is 155. The van der Waals surface area contributed by atoms with Gasteiger partial charge in [0.05, 0.1) is 33.0 Å². The molecule has 15 heavy (non-hydrogen) atoms. The second-order valence-corrected chi connectivity index (χ2v) is 3.79. The monoisotopic (exact) mass is 294 g/mol. The lowest BCUT2D eigenvalue weighted by molar-refractivity contribution is -0.138. The first kappa shape index (κ1) is 15.2. The van der Waals surface area contributed by atoms with Gasteiger partial charge in [0.1, 0.15) is 4.83 Å². The zero-order chi connectivity index (χ0) is 11.7. The molecular formula is C8H14BrF3O3. The first-order valence-electron chi connectivity index (χ1n) is 4.33. The normalized spacial score (nSPS) is 14.2. The fourth-order valence-corrected chi connectivity index (χ4v) is 0.830. The second-order valence-electron chi connectivity index (χ2n) is 2.69. The summed E-state index contributed by atoms with van der Waals surface area (Å²) in [6.07, 6.45) is -4.27. The van der Waals surface area contributed by atoms with Crippen LogP contribution in [0.15, 0.2) is 0 Å². The molecule has 0 N–H and O–H groups in total. The maximum Gasteiger partial charge on any atom is 0.403 e. The van der Waals surface area contributed by atoms with Gasteiger partial charge >= 0.3 is 6.18 Å². The van der Waals surface area contributed by atoms with Crippen molar-refractivity contribution in [2.24, 2.45) is 0 Å². The Morgan fingerprint density at radius 1 is 1.07 bits per heavy atom. The molecule has 1 atom stereocenters. The summed E-state index contributed by atoms with van der Waals surface area (Å²) < 4.78 is 50.3. The minimum Gasteiger partial charge on any atom is -0.382 e. The molecule has 0 aromatic rings. The van der Waals surface area contributed by atoms with Crippen molar-refractivity contribution in [2.45, 2.75) is 11.0 Å². The molecule has 0 aromatic heterocycles. The fraction of sp³-hybridized carbons (Fsp3) is 1.00. The van der Waals surface area contributed by atoms with Crippen LogP contribution in [-0.4, -0.2) is 51.1 Å². The Hall–Kier alpha value is 0.150. The Morgan fingerprint density at radius 3 is 2.13 bits per heavy atom. The predicted molar refractivity (Wildman–Crippen MR) is 52.3 cm³/mol. The van der Waals surface area contributed by atoms with E-state index in [9.17, 15) is 13.2 Å². The largest absolute Gasteiger partial charge is 0.403 e. The van der Waals surface area contributed by atoms with E-state index >= 15 is 0 Å². The van der Waals surface area contributed by atoms with Crippen molar-refractivity contribution in [2.75, 3.05) is 40.1 Å². The van der Waals surface area contributed by atoms with Crippen molar-refractivity contribution in [3.05, 3.63) is 0 Å². The summed E-state index contributed by atoms with van der Waals surface area (Å²) in [6, 6.07) is 0. The summed E-state index contributed by atoms with van der Waals surface area (Å²) in [7, 11) is 1.54. The van der Waals surface area contributed by atoms with Gasteiger partial charge in [0.15, 0.2) is 0 Å². The van der Waals surface area contributed by atoms with Crippen LogP contribution in [0.3, 0.4) is 0 Å². The molecule has 0 rings (SSSR count). The van der Waals surface area contributed by atoms with Crippen molar-refractivity contribution in [3.63, 3.8) is 0 Å². The molecule has 7 heteroatoms. The number of halogens is 4. The van der Waals surface area contributed by atoms with Gasteiger partial charge in [-0.2, -0.15) is 13.2 Å². The molecule has 0 aliphatic rings. The van der Waals surface area contributed by atoms with Crippen LogP contribution in [0.5, 0.6) is 0 Å². The zero-order valence-electron chi connectivity index (χ0n) is 8.35. The van der Waals surface area contributed by atoms with Gasteiger partial charge < -0.3 is 14.2 Å². The van der Waals surface area contributed by atoms with Crippen molar-refractivity contribution < 1.29 is 27.4 Å². The first-order valence-corrected chi connectivity index (χ1v) is 5.25. The summed E-state index contributed by atoms with van der Waals surface area (Å²) in [5.74, 6) is 0. The molecule has 0 aliphatic heterocycles. The van der Waals surface area contributed by atoms with Gasteiger partial charge in [0, 0.05) is 7.11 Å². The van der Waals surface area contributed by atoms with E-state index in [1.165, 1.54) is 0 Å². The highest BCUT2D eigenvalue weighted by Gasteiger charge is 2.37. The van der Waals surface area contributed by atoms with E-state index < -0.39 is 17.6 Å². The molecule has 0 aromatic carbocycles. The number of hydrogen-bond donors (Lipinski definition) is 0. The highest BCUT2D eigenvalue weighted by molar-refractivity contribution is 9.09. The molecule has 0 amide bonds. The molecule has 1 unspecified atom stereocenters. The van der Waals surface area contributed by atoms with E-state index in [0.29, 0.717) is 13.2 Å². The minimum absolute atomic E-state index is 0.141. The molecule has 0 bridgehead atoms. The van der Waals surface area contributed by atoms with Crippen molar-refractivity contribution in [1.82, 2.24) is 0 Å². The summed E-state index contributed by atoms with van der Waals surface area (Å²) in [5.41, 5.74) is 0. The van der Waals surface area contributed by atoms with Crippen LogP contribution in [0.4, 0.5) is 13.2 Å². The lowest BCUT2D eigenvalue weighted by Crippen LogP contribution is -2.28. The molecule has 0 heterocycles. The van der Waals surface area contributed by atoms with Crippen LogP contribution in [0.2, 0.25) is 0 Å². The number of ether oxygens (including phenoxy) is 3. The molecule has 0 saturated heterocycles. The number of alkyl halides is 4. The Kier molecular flexibility index (Phi) is 8.40. The van der Waals surface area contributed by atoms with E-state index in [1.807, 2.05) is 0 Å². The van der Waals surface area contributed by atoms with Gasteiger partial charge in [-0.1, -0.05) is 15.9 Å². The SMILES string of the molecule is COCCOCCOCC(Br)C(F)(F)F. The van der Waals surface area contributed by atoms with E-state index in [2.05, 4.69) is 15.9 Å². The number of rotatable bonds is 8. The minimum atomic E-state index is -4.27. The summed E-state index contributed by atoms with van der Waals surface area (Å²) in [5, 5.41) is 0.